The third-order valence-electron chi connectivity index (χ3n) is 3.50. The van der Waals surface area contributed by atoms with E-state index >= 15 is 0 Å². The van der Waals surface area contributed by atoms with E-state index in [-0.39, 0.29) is 28.3 Å². The zero-order valence-electron chi connectivity index (χ0n) is 11.9. The van der Waals surface area contributed by atoms with Gasteiger partial charge in [0.05, 0.1) is 31.0 Å². The Balaban J connectivity index is 2.16. The van der Waals surface area contributed by atoms with E-state index < -0.39 is 17.6 Å². The molecule has 1 aliphatic heterocycles. The number of fused-ring (bicyclic) bond motifs is 1. The summed E-state index contributed by atoms with van der Waals surface area (Å²) >= 11 is 0. The van der Waals surface area contributed by atoms with Crippen LogP contribution in [0.1, 0.15) is 20.7 Å². The number of nitrogens with zero attached hydrogens (tertiary/aromatic N) is 1. The molecule has 2 aromatic carbocycles. The summed E-state index contributed by atoms with van der Waals surface area (Å²) in [6, 6.07) is 9.21. The highest BCUT2D eigenvalue weighted by atomic mass is 19.1. The maximum atomic E-state index is 14.3. The SMILES string of the molecule is COc1ccc(N2C(=O)c3ccccc3C2=O)c(OC)c1F. The smallest absolute Gasteiger partial charge is 0.266 e. The van der Waals surface area contributed by atoms with Crippen molar-refractivity contribution in [3.63, 3.8) is 0 Å². The largest absolute Gasteiger partial charge is 0.494 e. The summed E-state index contributed by atoms with van der Waals surface area (Å²) in [4.78, 5) is 25.8. The Bertz CT molecular complexity index is 753. The van der Waals surface area contributed by atoms with Gasteiger partial charge in [0.1, 0.15) is 0 Å². The number of ether oxygens (including phenoxy) is 2. The molecule has 6 heteroatoms. The minimum absolute atomic E-state index is 0.0304. The third kappa shape index (κ3) is 1.84. The van der Waals surface area contributed by atoms with Crippen molar-refractivity contribution in [2.75, 3.05) is 19.1 Å². The van der Waals surface area contributed by atoms with Gasteiger partial charge < -0.3 is 9.47 Å². The summed E-state index contributed by atoms with van der Waals surface area (Å²) < 4.78 is 24.2. The lowest BCUT2D eigenvalue weighted by Crippen LogP contribution is -2.30. The molecule has 5 nitrogen and oxygen atoms in total. The van der Waals surface area contributed by atoms with Gasteiger partial charge in [0, 0.05) is 0 Å². The second kappa shape index (κ2) is 5.14. The highest BCUT2D eigenvalue weighted by molar-refractivity contribution is 6.34. The Morgan fingerprint density at radius 3 is 2.00 bits per heavy atom. The van der Waals surface area contributed by atoms with Gasteiger partial charge in [0.2, 0.25) is 5.82 Å². The maximum Gasteiger partial charge on any atom is 0.266 e. The van der Waals surface area contributed by atoms with Crippen molar-refractivity contribution in [1.29, 1.82) is 0 Å². The molecule has 0 unspecified atom stereocenters. The molecule has 2 amide bonds. The monoisotopic (exact) mass is 301 g/mol. The quantitative estimate of drug-likeness (QED) is 0.818. The summed E-state index contributed by atoms with van der Waals surface area (Å²) in [5.41, 5.74) is 0.614. The molecule has 0 aromatic heterocycles. The van der Waals surface area contributed by atoms with Crippen LogP contribution in [-0.2, 0) is 0 Å². The summed E-state index contributed by atoms with van der Waals surface area (Å²) in [7, 11) is 2.58. The van der Waals surface area contributed by atoms with E-state index in [1.165, 1.54) is 26.4 Å². The molecule has 1 aliphatic rings. The van der Waals surface area contributed by atoms with Crippen LogP contribution < -0.4 is 14.4 Å². The van der Waals surface area contributed by atoms with Gasteiger partial charge in [-0.3, -0.25) is 9.59 Å². The zero-order chi connectivity index (χ0) is 15.9. The average Bonchev–Trinajstić information content (AvgIpc) is 2.79. The predicted octanol–water partition coefficient (Wildman–Crippen LogP) is 2.64. The van der Waals surface area contributed by atoms with Crippen molar-refractivity contribution >= 4 is 17.5 Å². The molecule has 2 aromatic rings. The van der Waals surface area contributed by atoms with Crippen LogP contribution in [0.15, 0.2) is 36.4 Å². The minimum Gasteiger partial charge on any atom is -0.494 e. The molecule has 0 saturated carbocycles. The lowest BCUT2D eigenvalue weighted by atomic mass is 10.1. The molecular weight excluding hydrogens is 289 g/mol. The molecule has 112 valence electrons. The van der Waals surface area contributed by atoms with E-state index in [9.17, 15) is 14.0 Å². The van der Waals surface area contributed by atoms with Gasteiger partial charge >= 0.3 is 0 Å². The number of hydrogen-bond donors (Lipinski definition) is 0. The highest BCUT2D eigenvalue weighted by Gasteiger charge is 2.38. The molecule has 22 heavy (non-hydrogen) atoms. The Morgan fingerprint density at radius 2 is 1.50 bits per heavy atom. The summed E-state index contributed by atoms with van der Waals surface area (Å²) in [5.74, 6) is -2.03. The van der Waals surface area contributed by atoms with Gasteiger partial charge in [0.25, 0.3) is 11.8 Å². The summed E-state index contributed by atoms with van der Waals surface area (Å²) in [5, 5.41) is 0. The molecule has 1 heterocycles. The number of imide groups is 1. The number of rotatable bonds is 3. The van der Waals surface area contributed by atoms with Gasteiger partial charge in [-0.15, -0.1) is 0 Å². The Morgan fingerprint density at radius 1 is 0.909 bits per heavy atom. The Labute approximate surface area is 125 Å². The van der Waals surface area contributed by atoms with Crippen LogP contribution in [0.3, 0.4) is 0 Å². The lowest BCUT2D eigenvalue weighted by Gasteiger charge is -2.18. The first-order valence-electron chi connectivity index (χ1n) is 6.48. The maximum absolute atomic E-state index is 14.3. The van der Waals surface area contributed by atoms with Crippen molar-refractivity contribution in [2.45, 2.75) is 0 Å². The number of amides is 2. The second-order valence-corrected chi connectivity index (χ2v) is 4.63. The van der Waals surface area contributed by atoms with Gasteiger partial charge in [-0.1, -0.05) is 12.1 Å². The molecule has 0 bridgehead atoms. The molecule has 0 spiro atoms. The normalized spacial score (nSPS) is 13.3. The first-order chi connectivity index (χ1) is 10.6. The van der Waals surface area contributed by atoms with Gasteiger partial charge in [-0.25, -0.2) is 4.90 Å². The van der Waals surface area contributed by atoms with Gasteiger partial charge in [0.15, 0.2) is 11.5 Å². The predicted molar refractivity (Wildman–Crippen MR) is 77.1 cm³/mol. The third-order valence-corrected chi connectivity index (χ3v) is 3.50. The molecule has 0 radical (unpaired) electrons. The van der Waals surface area contributed by atoms with Crippen molar-refractivity contribution < 1.29 is 23.5 Å². The Hall–Kier alpha value is -2.89. The fourth-order valence-corrected chi connectivity index (χ4v) is 2.46. The van der Waals surface area contributed by atoms with Crippen LogP contribution in [-0.4, -0.2) is 26.0 Å². The molecule has 0 aliphatic carbocycles. The van der Waals surface area contributed by atoms with Gasteiger partial charge in [-0.2, -0.15) is 4.39 Å². The van der Waals surface area contributed by atoms with Crippen molar-refractivity contribution in [2.24, 2.45) is 0 Å². The molecule has 0 atom stereocenters. The number of hydrogen-bond acceptors (Lipinski definition) is 4. The number of carbonyl (C=O) groups is 2. The van der Waals surface area contributed by atoms with Crippen molar-refractivity contribution in [3.05, 3.63) is 53.3 Å². The number of carbonyl (C=O) groups excluding carboxylic acids is 2. The lowest BCUT2D eigenvalue weighted by molar-refractivity contribution is 0.0925. The van der Waals surface area contributed by atoms with Crippen LogP contribution in [0.25, 0.3) is 0 Å². The number of halogens is 1. The number of methoxy groups -OCH3 is 2. The molecular formula is C16H12FNO4. The standard InChI is InChI=1S/C16H12FNO4/c1-21-12-8-7-11(14(22-2)13(12)17)18-15(19)9-5-3-4-6-10(9)16(18)20/h3-8H,1-2H3. The van der Waals surface area contributed by atoms with Crippen molar-refractivity contribution in [1.82, 2.24) is 0 Å². The average molecular weight is 301 g/mol. The van der Waals surface area contributed by atoms with Crippen LogP contribution in [0.5, 0.6) is 11.5 Å². The first-order valence-corrected chi connectivity index (χ1v) is 6.48. The highest BCUT2D eigenvalue weighted by Crippen LogP contribution is 2.39. The number of benzene rings is 2. The first kappa shape index (κ1) is 14.1. The molecule has 0 N–H and O–H groups in total. The molecule has 3 rings (SSSR count). The van der Waals surface area contributed by atoms with E-state index in [0.717, 1.165) is 4.90 Å². The topological polar surface area (TPSA) is 55.8 Å². The van der Waals surface area contributed by atoms with E-state index in [4.69, 9.17) is 9.47 Å². The molecule has 0 saturated heterocycles. The molecule has 0 fully saturated rings. The Kier molecular flexibility index (Phi) is 3.29. The van der Waals surface area contributed by atoms with Crippen LogP contribution in [0, 0.1) is 5.82 Å². The van der Waals surface area contributed by atoms with Crippen LogP contribution in [0.2, 0.25) is 0 Å². The zero-order valence-corrected chi connectivity index (χ0v) is 11.9. The fourth-order valence-electron chi connectivity index (χ4n) is 2.46. The van der Waals surface area contributed by atoms with Crippen LogP contribution >= 0.6 is 0 Å². The van der Waals surface area contributed by atoms with E-state index in [0.29, 0.717) is 0 Å². The van der Waals surface area contributed by atoms with Gasteiger partial charge in [-0.05, 0) is 24.3 Å². The summed E-state index contributed by atoms with van der Waals surface area (Å²) in [6.07, 6.45) is 0. The van der Waals surface area contributed by atoms with Crippen molar-refractivity contribution in [3.8, 4) is 11.5 Å². The van der Waals surface area contributed by atoms with E-state index in [1.54, 1.807) is 24.3 Å². The second-order valence-electron chi connectivity index (χ2n) is 4.63. The number of anilines is 1. The van der Waals surface area contributed by atoms with Crippen LogP contribution in [0.4, 0.5) is 10.1 Å². The summed E-state index contributed by atoms with van der Waals surface area (Å²) in [6.45, 7) is 0. The van der Waals surface area contributed by atoms with E-state index in [1.807, 2.05) is 0 Å². The fraction of sp³-hybridized carbons (Fsp3) is 0.125. The van der Waals surface area contributed by atoms with E-state index in [2.05, 4.69) is 0 Å². The minimum atomic E-state index is -0.765.